The third-order valence-corrected chi connectivity index (χ3v) is 4.69. The zero-order valence-electron chi connectivity index (χ0n) is 16.6. The first kappa shape index (κ1) is 20.9. The molecule has 0 aliphatic carbocycles. The molecule has 24 heavy (non-hydrogen) atoms. The Kier molecular flexibility index (Phi) is 7.26. The van der Waals surface area contributed by atoms with Crippen molar-refractivity contribution in [2.45, 2.75) is 97.7 Å². The molecule has 0 atom stereocenters. The van der Waals surface area contributed by atoms with Gasteiger partial charge in [-0.05, 0) is 48.0 Å². The topological polar surface area (TPSA) is 49.9 Å². The van der Waals surface area contributed by atoms with Gasteiger partial charge in [-0.15, -0.1) is 0 Å². The van der Waals surface area contributed by atoms with Crippen molar-refractivity contribution in [2.24, 2.45) is 0 Å². The van der Waals surface area contributed by atoms with E-state index in [1.807, 2.05) is 0 Å². The van der Waals surface area contributed by atoms with E-state index in [1.165, 1.54) is 4.90 Å². The highest BCUT2D eigenvalue weighted by atomic mass is 16.6. The predicted octanol–water partition coefficient (Wildman–Crippen LogP) is 4.20. The first-order valence-electron chi connectivity index (χ1n) is 9.29. The summed E-state index contributed by atoms with van der Waals surface area (Å²) >= 11 is 0. The molecule has 0 saturated carbocycles. The Bertz CT molecular complexity index is 444. The van der Waals surface area contributed by atoms with Crippen LogP contribution in [0, 0.1) is 0 Å². The van der Waals surface area contributed by atoms with Crippen molar-refractivity contribution in [3.63, 3.8) is 0 Å². The maximum Gasteiger partial charge on any atom is 0.416 e. The molecule has 1 heterocycles. The SMILES string of the molecule is CCCCCCOC(=O)N1CC(C)(C)N(C(C)C)C(C)(C)CC1=O. The molecular formula is C19H36N2O3. The summed E-state index contributed by atoms with van der Waals surface area (Å²) in [5.41, 5.74) is -0.601. The molecule has 1 rings (SSSR count). The van der Waals surface area contributed by atoms with E-state index in [9.17, 15) is 9.59 Å². The lowest BCUT2D eigenvalue weighted by molar-refractivity contribution is -0.130. The smallest absolute Gasteiger partial charge is 0.416 e. The highest BCUT2D eigenvalue weighted by Crippen LogP contribution is 2.35. The first-order chi connectivity index (χ1) is 11.0. The monoisotopic (exact) mass is 340 g/mol. The van der Waals surface area contributed by atoms with E-state index in [4.69, 9.17) is 4.74 Å². The van der Waals surface area contributed by atoms with Crippen LogP contribution in [0.15, 0.2) is 0 Å². The number of carbonyl (C=O) groups is 2. The lowest BCUT2D eigenvalue weighted by Crippen LogP contribution is -2.60. The van der Waals surface area contributed by atoms with Gasteiger partial charge >= 0.3 is 6.09 Å². The Hall–Kier alpha value is -1.10. The molecule has 1 fully saturated rings. The van der Waals surface area contributed by atoms with Crippen molar-refractivity contribution < 1.29 is 14.3 Å². The summed E-state index contributed by atoms with van der Waals surface area (Å²) in [5.74, 6) is -0.144. The van der Waals surface area contributed by atoms with Crippen LogP contribution in [-0.4, -0.2) is 52.1 Å². The summed E-state index contributed by atoms with van der Waals surface area (Å²) in [6.45, 7) is 15.5. The Morgan fingerprint density at radius 2 is 1.75 bits per heavy atom. The lowest BCUT2D eigenvalue weighted by atomic mass is 9.90. The van der Waals surface area contributed by atoms with E-state index >= 15 is 0 Å². The molecule has 0 spiro atoms. The van der Waals surface area contributed by atoms with Crippen LogP contribution in [0.4, 0.5) is 4.79 Å². The normalized spacial score (nSPS) is 21.0. The molecule has 0 aromatic carbocycles. The predicted molar refractivity (Wildman–Crippen MR) is 97.0 cm³/mol. The molecule has 0 unspecified atom stereocenters. The van der Waals surface area contributed by atoms with E-state index in [1.54, 1.807) is 0 Å². The highest BCUT2D eigenvalue weighted by molar-refractivity contribution is 5.92. The summed E-state index contributed by atoms with van der Waals surface area (Å²) < 4.78 is 5.36. The molecule has 0 aromatic rings. The first-order valence-corrected chi connectivity index (χ1v) is 9.29. The van der Waals surface area contributed by atoms with Crippen LogP contribution in [0.2, 0.25) is 0 Å². The Labute approximate surface area is 147 Å². The second-order valence-electron chi connectivity index (χ2n) is 8.42. The molecule has 140 valence electrons. The molecule has 0 N–H and O–H groups in total. The highest BCUT2D eigenvalue weighted by Gasteiger charge is 2.47. The minimum Gasteiger partial charge on any atom is -0.449 e. The summed E-state index contributed by atoms with van der Waals surface area (Å²) in [5, 5.41) is 0. The maximum atomic E-state index is 12.7. The third-order valence-electron chi connectivity index (χ3n) is 4.69. The number of amides is 2. The molecule has 0 aromatic heterocycles. The van der Waals surface area contributed by atoms with Crippen molar-refractivity contribution in [1.29, 1.82) is 0 Å². The van der Waals surface area contributed by atoms with Gasteiger partial charge in [0, 0.05) is 30.1 Å². The molecule has 1 saturated heterocycles. The minimum absolute atomic E-state index is 0.144. The van der Waals surface area contributed by atoms with Crippen LogP contribution in [0.3, 0.4) is 0 Å². The molecule has 2 amide bonds. The fraction of sp³-hybridized carbons (Fsp3) is 0.895. The third kappa shape index (κ3) is 5.20. The number of imide groups is 1. The van der Waals surface area contributed by atoms with E-state index in [-0.39, 0.29) is 23.0 Å². The van der Waals surface area contributed by atoms with Gasteiger partial charge in [-0.2, -0.15) is 0 Å². The number of nitrogens with zero attached hydrogens (tertiary/aromatic N) is 2. The van der Waals surface area contributed by atoms with Crippen LogP contribution in [0.1, 0.15) is 80.6 Å². The molecule has 1 aliphatic heterocycles. The van der Waals surface area contributed by atoms with E-state index in [0.717, 1.165) is 25.7 Å². The largest absolute Gasteiger partial charge is 0.449 e. The van der Waals surface area contributed by atoms with Gasteiger partial charge in [0.25, 0.3) is 0 Å². The van der Waals surface area contributed by atoms with Crippen LogP contribution in [0.25, 0.3) is 0 Å². The van der Waals surface area contributed by atoms with Crippen molar-refractivity contribution in [2.75, 3.05) is 13.2 Å². The summed E-state index contributed by atoms with van der Waals surface area (Å²) in [6.07, 6.45) is 4.02. The lowest BCUT2D eigenvalue weighted by Gasteiger charge is -2.49. The number of rotatable bonds is 6. The van der Waals surface area contributed by atoms with Gasteiger partial charge in [-0.25, -0.2) is 9.69 Å². The summed E-state index contributed by atoms with van der Waals surface area (Å²) in [6, 6.07) is 0.285. The van der Waals surface area contributed by atoms with Crippen molar-refractivity contribution in [3.8, 4) is 0 Å². The number of carbonyl (C=O) groups excluding carboxylic acids is 2. The average molecular weight is 341 g/mol. The quantitative estimate of drug-likeness (QED) is 0.680. The zero-order chi connectivity index (χ0) is 18.5. The van der Waals surface area contributed by atoms with Gasteiger partial charge in [0.1, 0.15) is 0 Å². The summed E-state index contributed by atoms with van der Waals surface area (Å²) in [4.78, 5) is 28.7. The molecular weight excluding hydrogens is 304 g/mol. The van der Waals surface area contributed by atoms with Crippen molar-refractivity contribution >= 4 is 12.0 Å². The zero-order valence-corrected chi connectivity index (χ0v) is 16.6. The molecule has 0 bridgehead atoms. The van der Waals surface area contributed by atoms with Gasteiger partial charge in [0.15, 0.2) is 0 Å². The second kappa shape index (κ2) is 8.32. The van der Waals surface area contributed by atoms with Gasteiger partial charge < -0.3 is 4.74 Å². The Morgan fingerprint density at radius 1 is 1.12 bits per heavy atom. The number of hydrogen-bond donors (Lipinski definition) is 0. The van der Waals surface area contributed by atoms with Crippen LogP contribution >= 0.6 is 0 Å². The van der Waals surface area contributed by atoms with Crippen molar-refractivity contribution in [1.82, 2.24) is 9.80 Å². The van der Waals surface area contributed by atoms with E-state index in [2.05, 4.69) is 53.4 Å². The summed E-state index contributed by atoms with van der Waals surface area (Å²) in [7, 11) is 0. The van der Waals surface area contributed by atoms with Gasteiger partial charge in [0.2, 0.25) is 5.91 Å². The maximum absolute atomic E-state index is 12.7. The van der Waals surface area contributed by atoms with Gasteiger partial charge in [0.05, 0.1) is 6.61 Å². The van der Waals surface area contributed by atoms with Crippen molar-refractivity contribution in [3.05, 3.63) is 0 Å². The molecule has 5 heteroatoms. The minimum atomic E-state index is -0.494. The number of unbranched alkanes of at least 4 members (excludes halogenated alkanes) is 3. The second-order valence-corrected chi connectivity index (χ2v) is 8.42. The van der Waals surface area contributed by atoms with Crippen LogP contribution in [-0.2, 0) is 9.53 Å². The van der Waals surface area contributed by atoms with E-state index < -0.39 is 6.09 Å². The van der Waals surface area contributed by atoms with Crippen LogP contribution < -0.4 is 0 Å². The standard InChI is InChI=1S/C19H36N2O3/c1-8-9-10-11-12-24-17(23)20-14-19(6,7)21(15(2)3)18(4,5)13-16(20)22/h15H,8-14H2,1-7H3. The van der Waals surface area contributed by atoms with Gasteiger partial charge in [-0.1, -0.05) is 26.2 Å². The van der Waals surface area contributed by atoms with Gasteiger partial charge in [-0.3, -0.25) is 9.69 Å². The average Bonchev–Trinajstić information content (AvgIpc) is 2.48. The molecule has 0 radical (unpaired) electrons. The molecule has 5 nitrogen and oxygen atoms in total. The molecule has 1 aliphatic rings. The number of hydrogen-bond acceptors (Lipinski definition) is 4. The van der Waals surface area contributed by atoms with Crippen LogP contribution in [0.5, 0.6) is 0 Å². The Morgan fingerprint density at radius 3 is 2.29 bits per heavy atom. The number of ether oxygens (including phenoxy) is 1. The van der Waals surface area contributed by atoms with E-state index in [0.29, 0.717) is 19.6 Å². The fourth-order valence-corrected chi connectivity index (χ4v) is 4.25. The Balaban J connectivity index is 2.83. The fourth-order valence-electron chi connectivity index (χ4n) is 4.25.